The number of aromatic nitrogens is 1. The van der Waals surface area contributed by atoms with Gasteiger partial charge in [-0.2, -0.15) is 5.26 Å². The molecule has 5 heteroatoms. The van der Waals surface area contributed by atoms with Gasteiger partial charge in [0.05, 0.1) is 11.6 Å². The highest BCUT2D eigenvalue weighted by molar-refractivity contribution is 5.89. The van der Waals surface area contributed by atoms with Crippen LogP contribution in [-0.4, -0.2) is 17.8 Å². The molecule has 0 bridgehead atoms. The van der Waals surface area contributed by atoms with Gasteiger partial charge in [-0.25, -0.2) is 4.39 Å². The standard InChI is InChI=1S/C18H19FN2O2/c1-3-22-18(23-4-2)21-11-7-8-15(21)12-14(13-20)16-9-5-6-10-17(16)19/h5-12,18H,3-4H2,1-2H3/b14-12+. The third-order valence-corrected chi connectivity index (χ3v) is 3.23. The number of hydrogen-bond donors (Lipinski definition) is 0. The van der Waals surface area contributed by atoms with Crippen molar-refractivity contribution >= 4 is 11.6 Å². The first-order valence-electron chi connectivity index (χ1n) is 7.48. The second kappa shape index (κ2) is 8.28. The number of benzene rings is 1. The molecule has 1 aromatic heterocycles. The van der Waals surface area contributed by atoms with E-state index in [2.05, 4.69) is 6.07 Å². The molecule has 2 aromatic rings. The van der Waals surface area contributed by atoms with Crippen LogP contribution in [0.25, 0.3) is 11.6 Å². The Morgan fingerprint density at radius 3 is 2.52 bits per heavy atom. The number of halogens is 1. The van der Waals surface area contributed by atoms with Gasteiger partial charge in [-0.1, -0.05) is 18.2 Å². The van der Waals surface area contributed by atoms with Crippen LogP contribution in [0.4, 0.5) is 4.39 Å². The molecule has 1 heterocycles. The summed E-state index contributed by atoms with van der Waals surface area (Å²) in [4.78, 5) is 0. The van der Waals surface area contributed by atoms with Crippen molar-refractivity contribution in [1.29, 1.82) is 5.26 Å². The molecular weight excluding hydrogens is 295 g/mol. The highest BCUT2D eigenvalue weighted by atomic mass is 19.1. The maximum Gasteiger partial charge on any atom is 0.244 e. The lowest BCUT2D eigenvalue weighted by molar-refractivity contribution is -0.186. The first-order valence-corrected chi connectivity index (χ1v) is 7.48. The molecule has 0 radical (unpaired) electrons. The van der Waals surface area contributed by atoms with Gasteiger partial charge in [-0.15, -0.1) is 0 Å². The van der Waals surface area contributed by atoms with E-state index in [1.54, 1.807) is 35.0 Å². The van der Waals surface area contributed by atoms with E-state index in [-0.39, 0.29) is 11.1 Å². The van der Waals surface area contributed by atoms with Gasteiger partial charge < -0.3 is 9.47 Å². The van der Waals surface area contributed by atoms with Crippen molar-refractivity contribution in [3.05, 3.63) is 59.7 Å². The molecule has 120 valence electrons. The minimum absolute atomic E-state index is 0.245. The van der Waals surface area contributed by atoms with Gasteiger partial charge in [0.25, 0.3) is 0 Å². The first-order chi connectivity index (χ1) is 11.2. The van der Waals surface area contributed by atoms with E-state index in [1.165, 1.54) is 6.07 Å². The fourth-order valence-corrected chi connectivity index (χ4v) is 2.21. The van der Waals surface area contributed by atoms with Gasteiger partial charge in [0, 0.05) is 30.7 Å². The van der Waals surface area contributed by atoms with Gasteiger partial charge in [0.1, 0.15) is 5.82 Å². The lowest BCUT2D eigenvalue weighted by Gasteiger charge is -2.20. The zero-order valence-corrected chi connectivity index (χ0v) is 13.2. The summed E-state index contributed by atoms with van der Waals surface area (Å²) in [7, 11) is 0. The molecule has 0 aliphatic rings. The maximum atomic E-state index is 13.9. The summed E-state index contributed by atoms with van der Waals surface area (Å²) in [5.41, 5.74) is 1.22. The molecule has 2 rings (SSSR count). The fraction of sp³-hybridized carbons (Fsp3) is 0.278. The lowest BCUT2D eigenvalue weighted by Crippen LogP contribution is -2.17. The minimum Gasteiger partial charge on any atom is -0.335 e. The zero-order chi connectivity index (χ0) is 16.7. The van der Waals surface area contributed by atoms with Crippen LogP contribution in [0.5, 0.6) is 0 Å². The number of allylic oxidation sites excluding steroid dienone is 1. The summed E-state index contributed by atoms with van der Waals surface area (Å²) in [6.07, 6.45) is 2.86. The Bertz CT molecular complexity index is 710. The summed E-state index contributed by atoms with van der Waals surface area (Å²) in [5, 5.41) is 9.38. The van der Waals surface area contributed by atoms with Crippen molar-refractivity contribution in [1.82, 2.24) is 4.57 Å². The summed E-state index contributed by atoms with van der Waals surface area (Å²) >= 11 is 0. The van der Waals surface area contributed by atoms with E-state index < -0.39 is 12.2 Å². The molecule has 4 nitrogen and oxygen atoms in total. The van der Waals surface area contributed by atoms with Crippen LogP contribution in [0.2, 0.25) is 0 Å². The van der Waals surface area contributed by atoms with E-state index >= 15 is 0 Å². The van der Waals surface area contributed by atoms with E-state index in [1.807, 2.05) is 26.0 Å². The Balaban J connectivity index is 2.41. The molecule has 0 unspecified atom stereocenters. The molecule has 0 aliphatic heterocycles. The predicted octanol–water partition coefficient (Wildman–Crippen LogP) is 4.22. The monoisotopic (exact) mass is 314 g/mol. The topological polar surface area (TPSA) is 47.2 Å². The van der Waals surface area contributed by atoms with Crippen LogP contribution in [-0.2, 0) is 9.47 Å². The van der Waals surface area contributed by atoms with Crippen LogP contribution in [0, 0.1) is 17.1 Å². The van der Waals surface area contributed by atoms with E-state index in [0.29, 0.717) is 18.9 Å². The van der Waals surface area contributed by atoms with Gasteiger partial charge in [-0.05, 0) is 38.1 Å². The Hall–Kier alpha value is -2.42. The molecule has 0 saturated carbocycles. The average molecular weight is 314 g/mol. The van der Waals surface area contributed by atoms with Crippen LogP contribution in [0.3, 0.4) is 0 Å². The van der Waals surface area contributed by atoms with Crippen molar-refractivity contribution in [2.75, 3.05) is 13.2 Å². The quantitative estimate of drug-likeness (QED) is 0.568. The number of nitrogens with zero attached hydrogens (tertiary/aromatic N) is 2. The Labute approximate surface area is 135 Å². The van der Waals surface area contributed by atoms with E-state index in [0.717, 1.165) is 0 Å². The first kappa shape index (κ1) is 16.9. The van der Waals surface area contributed by atoms with Crippen molar-refractivity contribution in [2.45, 2.75) is 20.3 Å². The van der Waals surface area contributed by atoms with Crippen molar-refractivity contribution in [3.8, 4) is 6.07 Å². The molecule has 0 aliphatic carbocycles. The predicted molar refractivity (Wildman–Crippen MR) is 86.6 cm³/mol. The third-order valence-electron chi connectivity index (χ3n) is 3.23. The van der Waals surface area contributed by atoms with Crippen LogP contribution in [0.15, 0.2) is 42.6 Å². The largest absolute Gasteiger partial charge is 0.335 e. The molecule has 0 fully saturated rings. The van der Waals surface area contributed by atoms with E-state index in [9.17, 15) is 9.65 Å². The Morgan fingerprint density at radius 2 is 1.91 bits per heavy atom. The number of nitriles is 1. The second-order valence-corrected chi connectivity index (χ2v) is 4.71. The number of rotatable bonds is 7. The van der Waals surface area contributed by atoms with E-state index in [4.69, 9.17) is 9.47 Å². The summed E-state index contributed by atoms with van der Waals surface area (Å²) in [6, 6.07) is 11.9. The van der Waals surface area contributed by atoms with Crippen LogP contribution in [0.1, 0.15) is 31.5 Å². The SMILES string of the molecule is CCOC(OCC)n1cccc1/C=C(\C#N)c1ccccc1F. The highest BCUT2D eigenvalue weighted by Gasteiger charge is 2.14. The fourth-order valence-electron chi connectivity index (χ4n) is 2.21. The van der Waals surface area contributed by atoms with Gasteiger partial charge in [-0.3, -0.25) is 4.57 Å². The second-order valence-electron chi connectivity index (χ2n) is 4.71. The molecule has 1 aromatic carbocycles. The highest BCUT2D eigenvalue weighted by Crippen LogP contribution is 2.23. The van der Waals surface area contributed by atoms with Crippen LogP contribution < -0.4 is 0 Å². The number of ether oxygens (including phenoxy) is 2. The Morgan fingerprint density at radius 1 is 1.22 bits per heavy atom. The van der Waals surface area contributed by atoms with Gasteiger partial charge in [0.2, 0.25) is 6.41 Å². The summed E-state index contributed by atoms with van der Waals surface area (Å²) < 4.78 is 26.8. The number of hydrogen-bond acceptors (Lipinski definition) is 3. The molecule has 0 spiro atoms. The molecule has 0 saturated heterocycles. The van der Waals surface area contributed by atoms with Crippen molar-refractivity contribution in [2.24, 2.45) is 0 Å². The molecular formula is C18H19FN2O2. The molecule has 0 N–H and O–H groups in total. The normalized spacial score (nSPS) is 11.7. The van der Waals surface area contributed by atoms with Crippen LogP contribution >= 0.6 is 0 Å². The zero-order valence-electron chi connectivity index (χ0n) is 13.2. The van der Waals surface area contributed by atoms with Gasteiger partial charge >= 0.3 is 0 Å². The minimum atomic E-state index is -0.577. The average Bonchev–Trinajstić information content (AvgIpc) is 3.01. The van der Waals surface area contributed by atoms with Crippen molar-refractivity contribution in [3.63, 3.8) is 0 Å². The third kappa shape index (κ3) is 4.07. The smallest absolute Gasteiger partial charge is 0.244 e. The lowest BCUT2D eigenvalue weighted by atomic mass is 10.1. The van der Waals surface area contributed by atoms with Crippen molar-refractivity contribution < 1.29 is 13.9 Å². The summed E-state index contributed by atoms with van der Waals surface area (Å²) in [5.74, 6) is -0.426. The summed E-state index contributed by atoms with van der Waals surface area (Å²) in [6.45, 7) is 4.74. The maximum absolute atomic E-state index is 13.9. The Kier molecular flexibility index (Phi) is 6.10. The molecule has 0 amide bonds. The molecule has 23 heavy (non-hydrogen) atoms. The van der Waals surface area contributed by atoms with Gasteiger partial charge in [0.15, 0.2) is 0 Å². The molecule has 0 atom stereocenters.